The van der Waals surface area contributed by atoms with Crippen LogP contribution in [0.2, 0.25) is 0 Å². The molecule has 1 heterocycles. The van der Waals surface area contributed by atoms with Crippen LogP contribution in [0, 0.1) is 5.92 Å². The van der Waals surface area contributed by atoms with Gasteiger partial charge in [0.25, 0.3) is 0 Å². The van der Waals surface area contributed by atoms with Gasteiger partial charge in [-0.25, -0.2) is 13.1 Å². The smallest absolute Gasteiger partial charge is 0.241 e. The maximum atomic E-state index is 12.6. The van der Waals surface area contributed by atoms with Crippen LogP contribution in [-0.4, -0.2) is 26.0 Å². The van der Waals surface area contributed by atoms with Gasteiger partial charge in [-0.05, 0) is 43.0 Å². The predicted octanol–water partition coefficient (Wildman–Crippen LogP) is 1.25. The Morgan fingerprint density at radius 2 is 2.10 bits per heavy atom. The maximum Gasteiger partial charge on any atom is 0.241 e. The molecule has 106 valence electrons. The van der Waals surface area contributed by atoms with Crippen LogP contribution in [0.25, 0.3) is 10.9 Å². The molecule has 3 N–H and O–H groups in total. The molecule has 1 unspecified atom stereocenters. The van der Waals surface area contributed by atoms with E-state index in [1.54, 1.807) is 36.5 Å². The topological polar surface area (TPSA) is 85.1 Å². The number of nitrogens with two attached hydrogens (primary N) is 1. The van der Waals surface area contributed by atoms with Crippen molar-refractivity contribution in [3.8, 4) is 0 Å². The van der Waals surface area contributed by atoms with Gasteiger partial charge in [-0.2, -0.15) is 0 Å². The fourth-order valence-corrected chi connectivity index (χ4v) is 3.94. The number of nitrogens with zero attached hydrogens (tertiary/aromatic N) is 1. The highest BCUT2D eigenvalue weighted by Crippen LogP contribution is 2.33. The molecule has 0 spiro atoms. The summed E-state index contributed by atoms with van der Waals surface area (Å²) in [5, 5.41) is 0.633. The first-order valence-electron chi connectivity index (χ1n) is 6.68. The molecular formula is C14H17N3O2S. The lowest BCUT2D eigenvalue weighted by molar-refractivity contribution is 0.519. The van der Waals surface area contributed by atoms with Crippen molar-refractivity contribution in [1.29, 1.82) is 0 Å². The van der Waals surface area contributed by atoms with Crippen molar-refractivity contribution in [2.45, 2.75) is 23.8 Å². The van der Waals surface area contributed by atoms with Gasteiger partial charge in [-0.1, -0.05) is 6.07 Å². The second-order valence-electron chi connectivity index (χ2n) is 5.13. The van der Waals surface area contributed by atoms with Crippen molar-refractivity contribution in [1.82, 2.24) is 9.71 Å². The molecule has 0 amide bonds. The fraction of sp³-hybridized carbons (Fsp3) is 0.357. The third-order valence-corrected chi connectivity index (χ3v) is 5.19. The molecule has 0 saturated heterocycles. The van der Waals surface area contributed by atoms with E-state index in [0.717, 1.165) is 12.8 Å². The van der Waals surface area contributed by atoms with Crippen LogP contribution < -0.4 is 10.5 Å². The van der Waals surface area contributed by atoms with E-state index in [-0.39, 0.29) is 10.9 Å². The number of hydrogen-bond acceptors (Lipinski definition) is 4. The lowest BCUT2D eigenvalue weighted by Crippen LogP contribution is -2.41. The normalized spacial score (nSPS) is 17.2. The molecule has 1 aliphatic carbocycles. The third-order valence-electron chi connectivity index (χ3n) is 3.65. The molecule has 0 aliphatic heterocycles. The molecular weight excluding hydrogens is 274 g/mol. The van der Waals surface area contributed by atoms with Crippen molar-refractivity contribution < 1.29 is 8.42 Å². The minimum atomic E-state index is -3.57. The number of nitrogens with one attached hydrogen (secondary N) is 1. The lowest BCUT2D eigenvalue weighted by Gasteiger charge is -2.17. The molecule has 6 heteroatoms. The first-order chi connectivity index (χ1) is 9.62. The van der Waals surface area contributed by atoms with Gasteiger partial charge < -0.3 is 5.73 Å². The van der Waals surface area contributed by atoms with Crippen LogP contribution in [-0.2, 0) is 10.0 Å². The molecule has 0 bridgehead atoms. The van der Waals surface area contributed by atoms with Crippen molar-refractivity contribution in [2.75, 3.05) is 6.54 Å². The number of hydrogen-bond donors (Lipinski definition) is 2. The zero-order valence-electron chi connectivity index (χ0n) is 11.0. The van der Waals surface area contributed by atoms with Crippen LogP contribution in [0.4, 0.5) is 0 Å². The minimum Gasteiger partial charge on any atom is -0.329 e. The molecule has 1 aromatic carbocycles. The van der Waals surface area contributed by atoms with Crippen molar-refractivity contribution in [2.24, 2.45) is 11.7 Å². The van der Waals surface area contributed by atoms with E-state index >= 15 is 0 Å². The summed E-state index contributed by atoms with van der Waals surface area (Å²) in [6, 6.07) is 8.45. The Hall–Kier alpha value is -1.50. The Morgan fingerprint density at radius 1 is 1.30 bits per heavy atom. The molecule has 1 aliphatic rings. The standard InChI is InChI=1S/C14H17N3O2S/c15-9-13(10-6-7-10)17-20(18,19)14-5-1-4-12-11(14)3-2-8-16-12/h1-5,8,10,13,17H,6-7,9,15H2. The molecule has 1 saturated carbocycles. The van der Waals surface area contributed by atoms with Gasteiger partial charge in [0, 0.05) is 24.2 Å². The van der Waals surface area contributed by atoms with E-state index in [1.165, 1.54) is 0 Å². The molecule has 3 rings (SSSR count). The summed E-state index contributed by atoms with van der Waals surface area (Å²) < 4.78 is 27.8. The average Bonchev–Trinajstić information content (AvgIpc) is 3.29. The fourth-order valence-electron chi connectivity index (χ4n) is 2.41. The van der Waals surface area contributed by atoms with Gasteiger partial charge in [0.05, 0.1) is 10.4 Å². The Kier molecular flexibility index (Phi) is 3.45. The SMILES string of the molecule is NCC(NS(=O)(=O)c1cccc2ncccc12)C1CC1. The summed E-state index contributed by atoms with van der Waals surface area (Å²) in [6.45, 7) is 0.326. The molecule has 1 fully saturated rings. The number of aromatic nitrogens is 1. The highest BCUT2D eigenvalue weighted by molar-refractivity contribution is 7.89. The lowest BCUT2D eigenvalue weighted by atomic mass is 10.2. The van der Waals surface area contributed by atoms with E-state index in [9.17, 15) is 8.42 Å². The van der Waals surface area contributed by atoms with Gasteiger partial charge in [0.15, 0.2) is 0 Å². The Morgan fingerprint density at radius 3 is 2.80 bits per heavy atom. The first-order valence-corrected chi connectivity index (χ1v) is 8.16. The minimum absolute atomic E-state index is 0.174. The predicted molar refractivity (Wildman–Crippen MR) is 77.6 cm³/mol. The Bertz CT molecular complexity index is 721. The zero-order valence-corrected chi connectivity index (χ0v) is 11.8. The van der Waals surface area contributed by atoms with E-state index < -0.39 is 10.0 Å². The molecule has 1 atom stereocenters. The quantitative estimate of drug-likeness (QED) is 0.868. The molecule has 1 aromatic heterocycles. The van der Waals surface area contributed by atoms with Crippen molar-refractivity contribution >= 4 is 20.9 Å². The van der Waals surface area contributed by atoms with E-state index in [2.05, 4.69) is 9.71 Å². The number of fused-ring (bicyclic) bond motifs is 1. The summed E-state index contributed by atoms with van der Waals surface area (Å²) in [4.78, 5) is 4.45. The van der Waals surface area contributed by atoms with E-state index in [0.29, 0.717) is 23.4 Å². The molecule has 2 aromatic rings. The third kappa shape index (κ3) is 2.54. The highest BCUT2D eigenvalue weighted by Gasteiger charge is 2.33. The second-order valence-corrected chi connectivity index (χ2v) is 6.81. The Labute approximate surface area is 118 Å². The van der Waals surface area contributed by atoms with Gasteiger partial charge in [-0.3, -0.25) is 4.98 Å². The van der Waals surface area contributed by atoms with Crippen LogP contribution in [0.5, 0.6) is 0 Å². The second kappa shape index (κ2) is 5.12. The van der Waals surface area contributed by atoms with Crippen LogP contribution in [0.15, 0.2) is 41.4 Å². The number of sulfonamides is 1. The summed E-state index contributed by atoms with van der Waals surface area (Å²) in [5.41, 5.74) is 6.34. The van der Waals surface area contributed by atoms with Crippen molar-refractivity contribution in [3.63, 3.8) is 0 Å². The summed E-state index contributed by atoms with van der Waals surface area (Å²) in [5.74, 6) is 0.378. The molecule has 20 heavy (non-hydrogen) atoms. The van der Waals surface area contributed by atoms with Crippen molar-refractivity contribution in [3.05, 3.63) is 36.5 Å². The summed E-state index contributed by atoms with van der Waals surface area (Å²) in [7, 11) is -3.57. The monoisotopic (exact) mass is 291 g/mol. The van der Waals surface area contributed by atoms with Gasteiger partial charge >= 0.3 is 0 Å². The van der Waals surface area contributed by atoms with Crippen LogP contribution in [0.3, 0.4) is 0 Å². The van der Waals surface area contributed by atoms with Crippen LogP contribution in [0.1, 0.15) is 12.8 Å². The highest BCUT2D eigenvalue weighted by atomic mass is 32.2. The number of pyridine rings is 1. The van der Waals surface area contributed by atoms with Crippen LogP contribution >= 0.6 is 0 Å². The largest absolute Gasteiger partial charge is 0.329 e. The van der Waals surface area contributed by atoms with Gasteiger partial charge in [-0.15, -0.1) is 0 Å². The zero-order chi connectivity index (χ0) is 14.2. The summed E-state index contributed by atoms with van der Waals surface area (Å²) in [6.07, 6.45) is 3.74. The summed E-state index contributed by atoms with van der Waals surface area (Å²) >= 11 is 0. The molecule has 0 radical (unpaired) electrons. The van der Waals surface area contributed by atoms with E-state index in [4.69, 9.17) is 5.73 Å². The maximum absolute atomic E-state index is 12.6. The molecule has 5 nitrogen and oxygen atoms in total. The van der Waals surface area contributed by atoms with Gasteiger partial charge in [0.1, 0.15) is 0 Å². The van der Waals surface area contributed by atoms with E-state index in [1.807, 2.05) is 0 Å². The first kappa shape index (κ1) is 13.5. The average molecular weight is 291 g/mol. The number of rotatable bonds is 5. The number of benzene rings is 1. The van der Waals surface area contributed by atoms with Gasteiger partial charge in [0.2, 0.25) is 10.0 Å². The Balaban J connectivity index is 2.00.